The summed E-state index contributed by atoms with van der Waals surface area (Å²) < 4.78 is 0. The summed E-state index contributed by atoms with van der Waals surface area (Å²) in [6, 6.07) is 6.24. The van der Waals surface area contributed by atoms with E-state index in [0.717, 1.165) is 5.56 Å². The molecular weight excluding hydrogens is 332 g/mol. The van der Waals surface area contributed by atoms with E-state index < -0.39 is 17.9 Å². The van der Waals surface area contributed by atoms with Gasteiger partial charge in [0, 0.05) is 11.4 Å². The van der Waals surface area contributed by atoms with Crippen LogP contribution in [0.25, 0.3) is 0 Å². The molecule has 0 aromatic heterocycles. The molecular formula is C17H23ClN2O4. The lowest BCUT2D eigenvalue weighted by Crippen LogP contribution is -2.46. The monoisotopic (exact) mass is 354 g/mol. The lowest BCUT2D eigenvalue weighted by molar-refractivity contribution is -0.142. The van der Waals surface area contributed by atoms with E-state index in [9.17, 15) is 14.4 Å². The van der Waals surface area contributed by atoms with Crippen LogP contribution >= 0.6 is 11.6 Å². The van der Waals surface area contributed by atoms with Crippen LogP contribution in [0.4, 0.5) is 0 Å². The molecule has 3 N–H and O–H groups in total. The Labute approximate surface area is 146 Å². The number of amides is 2. The molecule has 1 aromatic rings. The summed E-state index contributed by atoms with van der Waals surface area (Å²) in [5.41, 5.74) is 0.974. The smallest absolute Gasteiger partial charge is 0.326 e. The van der Waals surface area contributed by atoms with Crippen LogP contribution in [0.3, 0.4) is 0 Å². The zero-order valence-electron chi connectivity index (χ0n) is 13.8. The first kappa shape index (κ1) is 20.0. The highest BCUT2D eigenvalue weighted by Crippen LogP contribution is 2.10. The first-order chi connectivity index (χ1) is 11.3. The predicted molar refractivity (Wildman–Crippen MR) is 91.8 cm³/mol. The summed E-state index contributed by atoms with van der Waals surface area (Å²) in [4.78, 5) is 34.6. The largest absolute Gasteiger partial charge is 0.480 e. The van der Waals surface area contributed by atoms with Crippen molar-refractivity contribution in [1.82, 2.24) is 10.6 Å². The van der Waals surface area contributed by atoms with E-state index in [2.05, 4.69) is 10.6 Å². The number of carbonyl (C=O) groups excluding carboxylic acids is 2. The molecule has 0 radical (unpaired) electrons. The second kappa shape index (κ2) is 9.93. The molecule has 1 rings (SSSR count). The van der Waals surface area contributed by atoms with Crippen LogP contribution in [0, 0.1) is 5.92 Å². The summed E-state index contributed by atoms with van der Waals surface area (Å²) >= 11 is 5.79. The van der Waals surface area contributed by atoms with Crippen molar-refractivity contribution in [1.29, 1.82) is 0 Å². The summed E-state index contributed by atoms with van der Waals surface area (Å²) in [5, 5.41) is 14.6. The van der Waals surface area contributed by atoms with E-state index in [1.54, 1.807) is 12.1 Å². The maximum absolute atomic E-state index is 11.8. The standard InChI is InChI=1S/C17H23ClN2O4/c1-11(2)9-14(17(23)24)20-16(22)10-19-15(21)8-5-12-3-6-13(18)7-4-12/h3-4,6-7,11,14H,5,8-10H2,1-2H3,(H,19,21)(H,20,22)(H,23,24)/t14-/m0/s1. The number of aliphatic carboxylic acids is 1. The number of benzene rings is 1. The fourth-order valence-corrected chi connectivity index (χ4v) is 2.24. The van der Waals surface area contributed by atoms with Crippen LogP contribution < -0.4 is 10.6 Å². The van der Waals surface area contributed by atoms with Gasteiger partial charge in [0.1, 0.15) is 6.04 Å². The molecule has 7 heteroatoms. The number of aryl methyl sites for hydroxylation is 1. The summed E-state index contributed by atoms with van der Waals surface area (Å²) in [6.45, 7) is 3.52. The number of halogens is 1. The van der Waals surface area contributed by atoms with Crippen molar-refractivity contribution in [3.63, 3.8) is 0 Å². The van der Waals surface area contributed by atoms with Gasteiger partial charge in [-0.1, -0.05) is 37.6 Å². The van der Waals surface area contributed by atoms with E-state index >= 15 is 0 Å². The lowest BCUT2D eigenvalue weighted by Gasteiger charge is -2.16. The lowest BCUT2D eigenvalue weighted by atomic mass is 10.0. The van der Waals surface area contributed by atoms with Crippen molar-refractivity contribution in [3.05, 3.63) is 34.9 Å². The van der Waals surface area contributed by atoms with Gasteiger partial charge in [0.05, 0.1) is 6.54 Å². The number of rotatable bonds is 9. The van der Waals surface area contributed by atoms with Crippen molar-refractivity contribution in [2.45, 2.75) is 39.2 Å². The highest BCUT2D eigenvalue weighted by atomic mass is 35.5. The van der Waals surface area contributed by atoms with Gasteiger partial charge in [-0.2, -0.15) is 0 Å². The number of carboxylic acids is 1. The Hall–Kier alpha value is -2.08. The minimum atomic E-state index is -1.08. The van der Waals surface area contributed by atoms with Crippen molar-refractivity contribution >= 4 is 29.4 Å². The van der Waals surface area contributed by atoms with Crippen molar-refractivity contribution in [2.75, 3.05) is 6.54 Å². The third-order valence-electron chi connectivity index (χ3n) is 3.34. The molecule has 0 spiro atoms. The van der Waals surface area contributed by atoms with Crippen LogP contribution in [0.1, 0.15) is 32.3 Å². The van der Waals surface area contributed by atoms with Crippen molar-refractivity contribution in [2.24, 2.45) is 5.92 Å². The third kappa shape index (κ3) is 7.97. The topological polar surface area (TPSA) is 95.5 Å². The highest BCUT2D eigenvalue weighted by Gasteiger charge is 2.21. The highest BCUT2D eigenvalue weighted by molar-refractivity contribution is 6.30. The molecule has 0 unspecified atom stereocenters. The Kier molecular flexibility index (Phi) is 8.26. The molecule has 0 aliphatic heterocycles. The second-order valence-corrected chi connectivity index (χ2v) is 6.43. The van der Waals surface area contributed by atoms with Gasteiger partial charge < -0.3 is 15.7 Å². The van der Waals surface area contributed by atoms with Gasteiger partial charge >= 0.3 is 5.97 Å². The number of carbonyl (C=O) groups is 3. The van der Waals surface area contributed by atoms with Gasteiger partial charge in [-0.25, -0.2) is 4.79 Å². The molecule has 0 bridgehead atoms. The number of hydrogen-bond donors (Lipinski definition) is 3. The Bertz CT molecular complexity index is 572. The SMILES string of the molecule is CC(C)C[C@H](NC(=O)CNC(=O)CCc1ccc(Cl)cc1)C(=O)O. The average molecular weight is 355 g/mol. The van der Waals surface area contributed by atoms with Gasteiger partial charge in [-0.15, -0.1) is 0 Å². The van der Waals surface area contributed by atoms with Crippen LogP contribution in [0.2, 0.25) is 5.02 Å². The Balaban J connectivity index is 2.33. The molecule has 0 fully saturated rings. The normalized spacial score (nSPS) is 11.8. The van der Waals surface area contributed by atoms with E-state index in [1.165, 1.54) is 0 Å². The van der Waals surface area contributed by atoms with Crippen LogP contribution in [0.15, 0.2) is 24.3 Å². The Morgan fingerprint density at radius 3 is 2.29 bits per heavy atom. The third-order valence-corrected chi connectivity index (χ3v) is 3.59. The van der Waals surface area contributed by atoms with Crippen molar-refractivity contribution < 1.29 is 19.5 Å². The molecule has 0 heterocycles. The van der Waals surface area contributed by atoms with E-state index in [4.69, 9.17) is 16.7 Å². The summed E-state index contributed by atoms with van der Waals surface area (Å²) in [7, 11) is 0. The second-order valence-electron chi connectivity index (χ2n) is 5.99. The van der Waals surface area contributed by atoms with Crippen LogP contribution in [-0.4, -0.2) is 35.5 Å². The zero-order valence-corrected chi connectivity index (χ0v) is 14.6. The van der Waals surface area contributed by atoms with Gasteiger partial charge in [-0.05, 0) is 36.5 Å². The Morgan fingerprint density at radius 2 is 1.75 bits per heavy atom. The first-order valence-corrected chi connectivity index (χ1v) is 8.19. The molecule has 0 saturated carbocycles. The van der Waals surface area contributed by atoms with E-state index in [-0.39, 0.29) is 24.8 Å². The molecule has 6 nitrogen and oxygen atoms in total. The molecule has 24 heavy (non-hydrogen) atoms. The molecule has 1 aromatic carbocycles. The maximum atomic E-state index is 11.8. The van der Waals surface area contributed by atoms with Gasteiger partial charge in [-0.3, -0.25) is 9.59 Å². The summed E-state index contributed by atoms with van der Waals surface area (Å²) in [5.74, 6) is -1.72. The fraction of sp³-hybridized carbons (Fsp3) is 0.471. The van der Waals surface area contributed by atoms with Gasteiger partial charge in [0.2, 0.25) is 11.8 Å². The van der Waals surface area contributed by atoms with Crippen LogP contribution in [-0.2, 0) is 20.8 Å². The van der Waals surface area contributed by atoms with Gasteiger partial charge in [0.25, 0.3) is 0 Å². The minimum Gasteiger partial charge on any atom is -0.480 e. The molecule has 2 amide bonds. The number of hydrogen-bond acceptors (Lipinski definition) is 3. The van der Waals surface area contributed by atoms with E-state index in [0.29, 0.717) is 17.9 Å². The minimum absolute atomic E-state index is 0.139. The van der Waals surface area contributed by atoms with Crippen molar-refractivity contribution in [3.8, 4) is 0 Å². The number of nitrogens with one attached hydrogen (secondary N) is 2. The first-order valence-electron chi connectivity index (χ1n) is 7.81. The zero-order chi connectivity index (χ0) is 18.1. The van der Waals surface area contributed by atoms with Crippen LogP contribution in [0.5, 0.6) is 0 Å². The quantitative estimate of drug-likeness (QED) is 0.632. The molecule has 0 saturated heterocycles. The number of carboxylic acid groups (broad SMARTS) is 1. The molecule has 132 valence electrons. The summed E-state index contributed by atoms with van der Waals surface area (Å²) in [6.07, 6.45) is 1.12. The molecule has 1 atom stereocenters. The fourth-order valence-electron chi connectivity index (χ4n) is 2.11. The molecule has 0 aliphatic rings. The Morgan fingerprint density at radius 1 is 1.12 bits per heavy atom. The predicted octanol–water partition coefficient (Wildman–Crippen LogP) is 2.00. The maximum Gasteiger partial charge on any atom is 0.326 e. The van der Waals surface area contributed by atoms with E-state index in [1.807, 2.05) is 26.0 Å². The molecule has 0 aliphatic carbocycles. The average Bonchev–Trinajstić information content (AvgIpc) is 2.51. The van der Waals surface area contributed by atoms with Gasteiger partial charge in [0.15, 0.2) is 0 Å².